The Morgan fingerprint density at radius 3 is 0.949 bits per heavy atom. The molecule has 16 rings (SSSR count). The first-order chi connectivity index (χ1) is 39.2. The molecule has 0 amide bonds. The van der Waals surface area contributed by atoms with Gasteiger partial charge in [-0.2, -0.15) is 0 Å². The van der Waals surface area contributed by atoms with E-state index in [9.17, 15) is 0 Å². The minimum Gasteiger partial charge on any atom is -0.310 e. The summed E-state index contributed by atoms with van der Waals surface area (Å²) >= 11 is 3.90. The van der Waals surface area contributed by atoms with Crippen molar-refractivity contribution < 1.29 is 0 Å². The van der Waals surface area contributed by atoms with Gasteiger partial charge in [-0.3, -0.25) is 0 Å². The van der Waals surface area contributed by atoms with Gasteiger partial charge in [0.05, 0.1) is 5.41 Å². The first-order valence-corrected chi connectivity index (χ1v) is 28.9. The summed E-state index contributed by atoms with van der Waals surface area (Å²) in [6.07, 6.45) is 0. The molecular formula is C73H48B2N2S2. The van der Waals surface area contributed by atoms with Crippen LogP contribution >= 0.6 is 23.5 Å². The fourth-order valence-corrected chi connectivity index (χ4v) is 16.3. The Kier molecular flexibility index (Phi) is 10.9. The third-order valence-corrected chi connectivity index (χ3v) is 19.4. The summed E-state index contributed by atoms with van der Waals surface area (Å²) in [5, 5.41) is 0. The van der Waals surface area contributed by atoms with Crippen molar-refractivity contribution in [2.45, 2.75) is 25.0 Å². The Hall–Kier alpha value is -8.93. The molecule has 0 bridgehead atoms. The number of fused-ring (bicyclic) bond motifs is 16. The van der Waals surface area contributed by atoms with Gasteiger partial charge < -0.3 is 9.80 Å². The predicted molar refractivity (Wildman–Crippen MR) is 335 cm³/mol. The number of nitrogens with zero attached hydrogens (tertiary/aromatic N) is 2. The molecule has 6 heteroatoms. The van der Waals surface area contributed by atoms with Crippen molar-refractivity contribution in [2.75, 3.05) is 9.80 Å². The summed E-state index contributed by atoms with van der Waals surface area (Å²) in [4.78, 5) is 10.1. The van der Waals surface area contributed by atoms with Gasteiger partial charge in [-0.1, -0.05) is 263 Å². The molecule has 1 spiro atoms. The predicted octanol–water partition coefficient (Wildman–Crippen LogP) is 14.9. The van der Waals surface area contributed by atoms with Crippen molar-refractivity contribution in [3.8, 4) is 22.3 Å². The molecular weight excluding hydrogens is 991 g/mol. The maximum Gasteiger partial charge on any atom is 0.244 e. The maximum atomic E-state index is 2.53. The number of hydrogen-bond donors (Lipinski definition) is 0. The second-order valence-corrected chi connectivity index (χ2v) is 23.1. The summed E-state index contributed by atoms with van der Waals surface area (Å²) in [5.41, 5.74) is 24.6. The molecule has 0 radical (unpaired) electrons. The van der Waals surface area contributed by atoms with Crippen molar-refractivity contribution in [2.24, 2.45) is 0 Å². The lowest BCUT2D eigenvalue weighted by Crippen LogP contribution is -2.55. The lowest BCUT2D eigenvalue weighted by atomic mass is 9.36. The van der Waals surface area contributed by atoms with Crippen LogP contribution in [-0.2, 0) is 5.41 Å². The topological polar surface area (TPSA) is 6.48 Å². The Balaban J connectivity index is 1.02. The van der Waals surface area contributed by atoms with Crippen LogP contribution in [0.25, 0.3) is 22.3 Å². The first kappa shape index (κ1) is 46.2. The highest BCUT2D eigenvalue weighted by atomic mass is 32.2. The average molecular weight is 1040 g/mol. The van der Waals surface area contributed by atoms with Gasteiger partial charge in [0, 0.05) is 64.8 Å². The minimum atomic E-state index is -0.662. The van der Waals surface area contributed by atoms with Crippen LogP contribution in [0.1, 0.15) is 22.3 Å². The molecule has 368 valence electrons. The van der Waals surface area contributed by atoms with E-state index in [2.05, 4.69) is 301 Å². The van der Waals surface area contributed by atoms with Crippen LogP contribution in [0.4, 0.5) is 34.1 Å². The highest BCUT2D eigenvalue weighted by Crippen LogP contribution is 2.66. The molecule has 2 nitrogen and oxygen atoms in total. The summed E-state index contributed by atoms with van der Waals surface area (Å²) in [7, 11) is 0. The van der Waals surface area contributed by atoms with Crippen LogP contribution in [0.15, 0.2) is 311 Å². The van der Waals surface area contributed by atoms with Gasteiger partial charge in [-0.15, -0.1) is 0 Å². The van der Waals surface area contributed by atoms with Crippen LogP contribution in [0.2, 0.25) is 0 Å². The van der Waals surface area contributed by atoms with E-state index in [0.717, 1.165) is 34.1 Å². The Morgan fingerprint density at radius 1 is 0.266 bits per heavy atom. The summed E-state index contributed by atoms with van der Waals surface area (Å²) in [6, 6.07) is 109. The lowest BCUT2D eigenvalue weighted by Gasteiger charge is -2.33. The average Bonchev–Trinajstić information content (AvgIpc) is 3.32. The maximum absolute atomic E-state index is 2.53. The first-order valence-electron chi connectivity index (χ1n) is 27.3. The van der Waals surface area contributed by atoms with E-state index in [-0.39, 0.29) is 13.4 Å². The Bertz CT molecular complexity index is 3970. The molecule has 12 aromatic carbocycles. The lowest BCUT2D eigenvalue weighted by molar-refractivity contribution is 0.792. The summed E-state index contributed by atoms with van der Waals surface area (Å²) in [6.45, 7) is 0.136. The molecule has 2 heterocycles. The van der Waals surface area contributed by atoms with Crippen molar-refractivity contribution >= 4 is 104 Å². The highest BCUT2D eigenvalue weighted by molar-refractivity contribution is 8.00. The Labute approximate surface area is 471 Å². The van der Waals surface area contributed by atoms with E-state index in [0.29, 0.717) is 0 Å². The molecule has 0 unspecified atom stereocenters. The SMILES string of the molecule is c1ccc(B2c3ccccc3Sc3c2ccc2c3-c3cc(N(c4ccccc4)c4ccccc4)ccc3C23c2ccc(N(c4ccccc4)c4ccccc4)cc2-c2c3ccc3c2Sc2ccccc2B3c2ccccc2)cc1. The molecule has 0 saturated heterocycles. The number of hydrogen-bond acceptors (Lipinski definition) is 4. The quantitative estimate of drug-likeness (QED) is 0.140. The summed E-state index contributed by atoms with van der Waals surface area (Å²) < 4.78 is 0. The van der Waals surface area contributed by atoms with Crippen LogP contribution in [0.5, 0.6) is 0 Å². The molecule has 0 aromatic heterocycles. The number of rotatable bonds is 8. The van der Waals surface area contributed by atoms with Gasteiger partial charge in [-0.05, 0) is 118 Å². The second kappa shape index (κ2) is 18.6. The van der Waals surface area contributed by atoms with E-state index >= 15 is 0 Å². The fourth-order valence-electron chi connectivity index (χ4n) is 13.7. The second-order valence-electron chi connectivity index (χ2n) is 21.0. The molecule has 0 N–H and O–H groups in total. The van der Waals surface area contributed by atoms with Crippen molar-refractivity contribution in [3.05, 3.63) is 313 Å². The summed E-state index contributed by atoms with van der Waals surface area (Å²) in [5.74, 6) is 0. The van der Waals surface area contributed by atoms with E-state index in [1.807, 2.05) is 23.5 Å². The van der Waals surface area contributed by atoms with E-state index < -0.39 is 5.41 Å². The molecule has 2 aliphatic heterocycles. The van der Waals surface area contributed by atoms with Crippen LogP contribution < -0.4 is 42.6 Å². The molecule has 0 atom stereocenters. The zero-order valence-corrected chi connectivity index (χ0v) is 44.7. The van der Waals surface area contributed by atoms with E-state index in [1.54, 1.807) is 0 Å². The van der Waals surface area contributed by atoms with Crippen LogP contribution in [-0.4, -0.2) is 13.4 Å². The molecule has 79 heavy (non-hydrogen) atoms. The molecule has 0 fully saturated rings. The van der Waals surface area contributed by atoms with Crippen LogP contribution in [0, 0.1) is 0 Å². The van der Waals surface area contributed by atoms with Crippen LogP contribution in [0.3, 0.4) is 0 Å². The van der Waals surface area contributed by atoms with Gasteiger partial charge in [-0.25, -0.2) is 0 Å². The normalized spacial score (nSPS) is 13.5. The smallest absolute Gasteiger partial charge is 0.244 e. The van der Waals surface area contributed by atoms with Gasteiger partial charge in [0.2, 0.25) is 13.4 Å². The highest BCUT2D eigenvalue weighted by Gasteiger charge is 2.55. The monoisotopic (exact) mass is 1040 g/mol. The van der Waals surface area contributed by atoms with Crippen molar-refractivity contribution in [3.63, 3.8) is 0 Å². The van der Waals surface area contributed by atoms with E-state index in [1.165, 1.54) is 96.9 Å². The number of anilines is 6. The number of benzene rings is 12. The zero-order valence-electron chi connectivity index (χ0n) is 43.1. The standard InChI is InChI=1S/C73H48B2N2S2/c1-7-23-49(24-8-1)74-63-35-19-21-37-67(63)78-71-65(74)45-43-61-69(71)57-47-55(76(51-27-11-3-12-28-51)52-29-13-4-14-30-52)39-41-59(57)73(61)60-42-40-56(77(53-31-15-5-16-32-53)54-33-17-6-18-34-54)48-58(60)70-62(73)44-46-66-72(70)79-68-38-22-20-36-64(68)75(66)50-25-9-2-10-26-50/h1-48H. The third-order valence-electron chi connectivity index (χ3n) is 16.9. The molecule has 4 aliphatic rings. The zero-order chi connectivity index (χ0) is 52.0. The molecule has 2 aliphatic carbocycles. The van der Waals surface area contributed by atoms with Gasteiger partial charge in [0.1, 0.15) is 0 Å². The largest absolute Gasteiger partial charge is 0.310 e. The van der Waals surface area contributed by atoms with Crippen molar-refractivity contribution in [1.29, 1.82) is 0 Å². The fraction of sp³-hybridized carbons (Fsp3) is 0.0137. The molecule has 0 saturated carbocycles. The molecule has 12 aromatic rings. The van der Waals surface area contributed by atoms with Gasteiger partial charge >= 0.3 is 0 Å². The third kappa shape index (κ3) is 7.11. The van der Waals surface area contributed by atoms with Gasteiger partial charge in [0.15, 0.2) is 0 Å². The van der Waals surface area contributed by atoms with E-state index in [4.69, 9.17) is 0 Å². The Morgan fingerprint density at radius 2 is 0.582 bits per heavy atom. The minimum absolute atomic E-state index is 0.0679. The number of para-hydroxylation sites is 4. The van der Waals surface area contributed by atoms with Gasteiger partial charge in [0.25, 0.3) is 0 Å². The van der Waals surface area contributed by atoms with Crippen molar-refractivity contribution in [1.82, 2.24) is 0 Å².